The SMILES string of the molecule is CCCc1cc(N2CC[C@H](C)[C@@H]3CCCC[C@H]32)n2ncnc2n1. The van der Waals surface area contributed by atoms with Crippen LogP contribution in [-0.4, -0.2) is 32.2 Å². The van der Waals surface area contributed by atoms with Gasteiger partial charge in [0.25, 0.3) is 5.78 Å². The van der Waals surface area contributed by atoms with Crippen molar-refractivity contribution in [1.29, 1.82) is 0 Å². The molecule has 3 atom stereocenters. The zero-order valence-corrected chi connectivity index (χ0v) is 14.3. The zero-order chi connectivity index (χ0) is 15.8. The molecule has 5 nitrogen and oxygen atoms in total. The van der Waals surface area contributed by atoms with Gasteiger partial charge >= 0.3 is 0 Å². The number of piperidine rings is 1. The highest BCUT2D eigenvalue weighted by Crippen LogP contribution is 2.40. The van der Waals surface area contributed by atoms with E-state index in [0.29, 0.717) is 6.04 Å². The standard InChI is InChI=1S/C18H27N5/c1-3-6-14-11-17(23-18(21-14)19-12-20-23)22-10-9-13(2)15-7-4-5-8-16(15)22/h11-13,15-16H,3-10H2,1-2H3/t13-,15-,16+/m0/s1. The average Bonchev–Trinajstić information content (AvgIpc) is 3.04. The van der Waals surface area contributed by atoms with E-state index in [0.717, 1.165) is 42.7 Å². The largest absolute Gasteiger partial charge is 0.353 e. The van der Waals surface area contributed by atoms with E-state index in [1.165, 1.54) is 37.9 Å². The molecular formula is C18H27N5. The minimum absolute atomic E-state index is 0.664. The third-order valence-corrected chi connectivity index (χ3v) is 5.82. The Morgan fingerprint density at radius 3 is 2.96 bits per heavy atom. The van der Waals surface area contributed by atoms with Crippen molar-refractivity contribution in [3.05, 3.63) is 18.1 Å². The molecule has 0 unspecified atom stereocenters. The summed E-state index contributed by atoms with van der Waals surface area (Å²) in [5, 5.41) is 4.45. The lowest BCUT2D eigenvalue weighted by molar-refractivity contribution is 0.176. The summed E-state index contributed by atoms with van der Waals surface area (Å²) >= 11 is 0. The molecule has 0 aromatic carbocycles. The number of aryl methyl sites for hydroxylation is 1. The lowest BCUT2D eigenvalue weighted by atomic mass is 9.72. The molecule has 0 spiro atoms. The molecule has 124 valence electrons. The summed E-state index contributed by atoms with van der Waals surface area (Å²) in [6, 6.07) is 2.92. The van der Waals surface area contributed by atoms with E-state index < -0.39 is 0 Å². The molecule has 0 amide bonds. The van der Waals surface area contributed by atoms with Gasteiger partial charge in [0, 0.05) is 24.3 Å². The van der Waals surface area contributed by atoms with E-state index in [9.17, 15) is 0 Å². The Labute approximate surface area is 138 Å². The molecule has 23 heavy (non-hydrogen) atoms. The number of nitrogens with zero attached hydrogens (tertiary/aromatic N) is 5. The lowest BCUT2D eigenvalue weighted by Gasteiger charge is -2.48. The van der Waals surface area contributed by atoms with Gasteiger partial charge in [-0.05, 0) is 37.5 Å². The van der Waals surface area contributed by atoms with Crippen molar-refractivity contribution in [2.45, 2.75) is 64.8 Å². The fourth-order valence-corrected chi connectivity index (χ4v) is 4.63. The molecule has 1 aliphatic heterocycles. The fraction of sp³-hybridized carbons (Fsp3) is 0.722. The first kappa shape index (κ1) is 14.9. The minimum atomic E-state index is 0.664. The van der Waals surface area contributed by atoms with E-state index in [1.54, 1.807) is 6.33 Å². The second-order valence-corrected chi connectivity index (χ2v) is 7.30. The molecule has 3 heterocycles. The van der Waals surface area contributed by atoms with Crippen molar-refractivity contribution < 1.29 is 0 Å². The first-order valence-corrected chi connectivity index (χ1v) is 9.24. The molecule has 2 aromatic heterocycles. The Morgan fingerprint density at radius 1 is 1.22 bits per heavy atom. The van der Waals surface area contributed by atoms with E-state index in [-0.39, 0.29) is 0 Å². The van der Waals surface area contributed by atoms with Crippen molar-refractivity contribution in [3.8, 4) is 0 Å². The summed E-state index contributed by atoms with van der Waals surface area (Å²) in [5.41, 5.74) is 1.15. The molecule has 2 aromatic rings. The average molecular weight is 313 g/mol. The molecule has 5 heteroatoms. The van der Waals surface area contributed by atoms with Crippen LogP contribution < -0.4 is 4.90 Å². The second kappa shape index (κ2) is 6.10. The maximum atomic E-state index is 4.66. The van der Waals surface area contributed by atoms with Crippen LogP contribution >= 0.6 is 0 Å². The number of aromatic nitrogens is 4. The smallest absolute Gasteiger partial charge is 0.254 e. The molecular weight excluding hydrogens is 286 g/mol. The molecule has 2 aliphatic rings. The number of fused-ring (bicyclic) bond motifs is 2. The summed E-state index contributed by atoms with van der Waals surface area (Å²) in [6.07, 6.45) is 10.5. The summed E-state index contributed by atoms with van der Waals surface area (Å²) in [5.74, 6) is 3.63. The van der Waals surface area contributed by atoms with E-state index in [4.69, 9.17) is 0 Å². The van der Waals surface area contributed by atoms with Crippen LogP contribution in [0.4, 0.5) is 5.82 Å². The summed E-state index contributed by atoms with van der Waals surface area (Å²) in [6.45, 7) is 5.78. The Morgan fingerprint density at radius 2 is 2.09 bits per heavy atom. The van der Waals surface area contributed by atoms with Gasteiger partial charge in [0.2, 0.25) is 0 Å². The first-order valence-electron chi connectivity index (χ1n) is 9.24. The Hall–Kier alpha value is -1.65. The highest BCUT2D eigenvalue weighted by atomic mass is 15.4. The molecule has 1 saturated carbocycles. The van der Waals surface area contributed by atoms with Gasteiger partial charge in [-0.25, -0.2) is 4.98 Å². The predicted molar refractivity (Wildman–Crippen MR) is 91.7 cm³/mol. The molecule has 0 N–H and O–H groups in total. The van der Waals surface area contributed by atoms with Crippen molar-refractivity contribution >= 4 is 11.6 Å². The summed E-state index contributed by atoms with van der Waals surface area (Å²) in [4.78, 5) is 11.6. The van der Waals surface area contributed by atoms with Gasteiger partial charge in [-0.2, -0.15) is 14.6 Å². The maximum Gasteiger partial charge on any atom is 0.254 e. The monoisotopic (exact) mass is 313 g/mol. The Kier molecular flexibility index (Phi) is 3.95. The lowest BCUT2D eigenvalue weighted by Crippen LogP contribution is -2.50. The molecule has 4 rings (SSSR count). The van der Waals surface area contributed by atoms with E-state index >= 15 is 0 Å². The van der Waals surface area contributed by atoms with Gasteiger partial charge in [0.05, 0.1) is 0 Å². The van der Waals surface area contributed by atoms with Crippen molar-refractivity contribution in [2.75, 3.05) is 11.4 Å². The van der Waals surface area contributed by atoms with Crippen LogP contribution in [0.3, 0.4) is 0 Å². The number of anilines is 1. The first-order chi connectivity index (χ1) is 11.3. The van der Waals surface area contributed by atoms with Gasteiger partial charge in [-0.3, -0.25) is 0 Å². The van der Waals surface area contributed by atoms with Crippen LogP contribution in [0.2, 0.25) is 0 Å². The summed E-state index contributed by atoms with van der Waals surface area (Å²) in [7, 11) is 0. The highest BCUT2D eigenvalue weighted by molar-refractivity contribution is 5.49. The Bertz CT molecular complexity index is 679. The van der Waals surface area contributed by atoms with Crippen molar-refractivity contribution in [3.63, 3.8) is 0 Å². The van der Waals surface area contributed by atoms with Gasteiger partial charge in [-0.15, -0.1) is 0 Å². The maximum absolute atomic E-state index is 4.66. The molecule has 2 fully saturated rings. The number of hydrogen-bond donors (Lipinski definition) is 0. The Balaban J connectivity index is 1.76. The predicted octanol–water partition coefficient (Wildman–Crippen LogP) is 3.48. The quantitative estimate of drug-likeness (QED) is 0.870. The van der Waals surface area contributed by atoms with Gasteiger partial charge in [-0.1, -0.05) is 33.1 Å². The van der Waals surface area contributed by atoms with Gasteiger partial charge < -0.3 is 4.90 Å². The number of rotatable bonds is 3. The topological polar surface area (TPSA) is 46.3 Å². The number of hydrogen-bond acceptors (Lipinski definition) is 4. The molecule has 0 bridgehead atoms. The van der Waals surface area contributed by atoms with Crippen LogP contribution in [0.1, 0.15) is 58.1 Å². The zero-order valence-electron chi connectivity index (χ0n) is 14.3. The fourth-order valence-electron chi connectivity index (χ4n) is 4.63. The van der Waals surface area contributed by atoms with Crippen LogP contribution in [0.25, 0.3) is 5.78 Å². The van der Waals surface area contributed by atoms with Crippen LogP contribution in [0, 0.1) is 11.8 Å². The summed E-state index contributed by atoms with van der Waals surface area (Å²) < 4.78 is 1.95. The molecule has 0 radical (unpaired) electrons. The van der Waals surface area contributed by atoms with Crippen LogP contribution in [0.5, 0.6) is 0 Å². The van der Waals surface area contributed by atoms with E-state index in [1.807, 2.05) is 4.52 Å². The van der Waals surface area contributed by atoms with E-state index in [2.05, 4.69) is 39.9 Å². The van der Waals surface area contributed by atoms with Gasteiger partial charge in [0.1, 0.15) is 12.1 Å². The molecule has 1 aliphatic carbocycles. The third-order valence-electron chi connectivity index (χ3n) is 5.82. The minimum Gasteiger partial charge on any atom is -0.353 e. The van der Waals surface area contributed by atoms with Crippen molar-refractivity contribution in [2.24, 2.45) is 11.8 Å². The van der Waals surface area contributed by atoms with Crippen LogP contribution in [0.15, 0.2) is 12.4 Å². The molecule has 1 saturated heterocycles. The second-order valence-electron chi connectivity index (χ2n) is 7.30. The normalized spacial score (nSPS) is 28.1. The third kappa shape index (κ3) is 2.60. The van der Waals surface area contributed by atoms with Crippen LogP contribution in [-0.2, 0) is 6.42 Å². The highest BCUT2D eigenvalue weighted by Gasteiger charge is 2.38. The van der Waals surface area contributed by atoms with Crippen molar-refractivity contribution in [1.82, 2.24) is 19.6 Å². The van der Waals surface area contributed by atoms with Gasteiger partial charge in [0.15, 0.2) is 0 Å².